The number of nitrogens with zero attached hydrogens (tertiary/aromatic N) is 3. The molecule has 0 spiro atoms. The van der Waals surface area contributed by atoms with E-state index in [1.165, 1.54) is 0 Å². The van der Waals surface area contributed by atoms with Crippen molar-refractivity contribution in [1.29, 1.82) is 0 Å². The first-order chi connectivity index (χ1) is 13.6. The third kappa shape index (κ3) is 4.23. The molecule has 28 heavy (non-hydrogen) atoms. The van der Waals surface area contributed by atoms with Gasteiger partial charge in [0, 0.05) is 12.5 Å². The highest BCUT2D eigenvalue weighted by atomic mass is 16.5. The van der Waals surface area contributed by atoms with Crippen molar-refractivity contribution in [3.05, 3.63) is 11.9 Å². The average Bonchev–Trinajstić information content (AvgIpc) is 3.29. The molecule has 3 atom stereocenters. The summed E-state index contributed by atoms with van der Waals surface area (Å²) in [6.45, 7) is 0.567. The summed E-state index contributed by atoms with van der Waals surface area (Å²) in [5, 5.41) is 31.7. The number of hydrogen-bond donors (Lipinski definition) is 3. The Kier molecular flexibility index (Phi) is 5.99. The zero-order valence-electron chi connectivity index (χ0n) is 16.4. The van der Waals surface area contributed by atoms with E-state index in [1.807, 2.05) is 6.20 Å². The molecule has 3 aliphatic rings. The molecular weight excluding hydrogens is 360 g/mol. The second kappa shape index (κ2) is 8.47. The van der Waals surface area contributed by atoms with Crippen LogP contribution < -0.4 is 5.32 Å². The summed E-state index contributed by atoms with van der Waals surface area (Å²) in [7, 11) is 0. The first-order valence-electron chi connectivity index (χ1n) is 10.8. The highest BCUT2D eigenvalue weighted by molar-refractivity contribution is 5.79. The van der Waals surface area contributed by atoms with Crippen LogP contribution in [0.2, 0.25) is 0 Å². The van der Waals surface area contributed by atoms with E-state index in [0.717, 1.165) is 64.2 Å². The molecule has 1 amide bonds. The fourth-order valence-corrected chi connectivity index (χ4v) is 4.59. The number of carbonyl (C=O) groups is 1. The van der Waals surface area contributed by atoms with Crippen LogP contribution in [0.4, 0.5) is 0 Å². The summed E-state index contributed by atoms with van der Waals surface area (Å²) in [6.07, 6.45) is 10.6. The Morgan fingerprint density at radius 1 is 1.25 bits per heavy atom. The topological polar surface area (TPSA) is 110 Å². The maximum Gasteiger partial charge on any atom is 0.223 e. The Balaban J connectivity index is 1.26. The summed E-state index contributed by atoms with van der Waals surface area (Å²) in [4.78, 5) is 12.2. The van der Waals surface area contributed by atoms with Crippen molar-refractivity contribution >= 4 is 5.91 Å². The fourth-order valence-electron chi connectivity index (χ4n) is 4.59. The number of aliphatic hydroxyl groups excluding tert-OH is 1. The van der Waals surface area contributed by atoms with E-state index in [4.69, 9.17) is 4.74 Å². The number of nitrogens with one attached hydrogen (secondary N) is 1. The predicted octanol–water partition coefficient (Wildman–Crippen LogP) is 1.25. The molecule has 156 valence electrons. The SMILES string of the molecule is O=C(N[C@@H]1CC[C@@H](CCn2cc(C3(O)CCCC3)nn2)O[C@@H]1CO)C1CCC1. The van der Waals surface area contributed by atoms with Gasteiger partial charge in [-0.15, -0.1) is 5.10 Å². The lowest BCUT2D eigenvalue weighted by Crippen LogP contribution is -2.52. The maximum atomic E-state index is 12.2. The fraction of sp³-hybridized carbons (Fsp3) is 0.850. The molecule has 2 heterocycles. The number of hydrogen-bond acceptors (Lipinski definition) is 6. The minimum absolute atomic E-state index is 0.0243. The van der Waals surface area contributed by atoms with Gasteiger partial charge in [-0.05, 0) is 44.9 Å². The molecule has 0 unspecified atom stereocenters. The van der Waals surface area contributed by atoms with Gasteiger partial charge in [-0.25, -0.2) is 0 Å². The van der Waals surface area contributed by atoms with Gasteiger partial charge in [0.15, 0.2) is 0 Å². The van der Waals surface area contributed by atoms with Crippen molar-refractivity contribution in [3.8, 4) is 0 Å². The zero-order chi connectivity index (χ0) is 19.6. The second-order valence-electron chi connectivity index (χ2n) is 8.69. The van der Waals surface area contributed by atoms with Crippen molar-refractivity contribution in [2.24, 2.45) is 5.92 Å². The Morgan fingerprint density at radius 3 is 2.71 bits per heavy atom. The van der Waals surface area contributed by atoms with E-state index < -0.39 is 5.60 Å². The Labute approximate surface area is 165 Å². The van der Waals surface area contributed by atoms with Gasteiger partial charge in [-0.3, -0.25) is 9.48 Å². The van der Waals surface area contributed by atoms with Gasteiger partial charge in [0.2, 0.25) is 5.91 Å². The molecule has 8 heteroatoms. The largest absolute Gasteiger partial charge is 0.394 e. The van der Waals surface area contributed by atoms with Crippen LogP contribution in [0.15, 0.2) is 6.20 Å². The smallest absolute Gasteiger partial charge is 0.223 e. The molecule has 0 radical (unpaired) electrons. The molecule has 1 aliphatic heterocycles. The van der Waals surface area contributed by atoms with Crippen LogP contribution in [0.1, 0.15) is 69.9 Å². The Morgan fingerprint density at radius 2 is 2.04 bits per heavy atom. The summed E-state index contributed by atoms with van der Waals surface area (Å²) >= 11 is 0. The quantitative estimate of drug-likeness (QED) is 0.644. The number of rotatable bonds is 7. The van der Waals surface area contributed by atoms with Crippen LogP contribution in [0.5, 0.6) is 0 Å². The summed E-state index contributed by atoms with van der Waals surface area (Å²) in [5.41, 5.74) is -0.144. The monoisotopic (exact) mass is 392 g/mol. The third-order valence-corrected chi connectivity index (χ3v) is 6.73. The van der Waals surface area contributed by atoms with Gasteiger partial charge in [0.25, 0.3) is 0 Å². The molecule has 0 bridgehead atoms. The standard InChI is InChI=1S/C20H32N4O4/c25-13-17-16(21-19(26)14-4-3-5-14)7-6-15(28-17)8-11-24-12-18(22-23-24)20(27)9-1-2-10-20/h12,14-17,25,27H,1-11,13H2,(H,21,26)/t15-,16+,17+/m0/s1. The van der Waals surface area contributed by atoms with E-state index >= 15 is 0 Å². The van der Waals surface area contributed by atoms with Crippen molar-refractivity contribution in [2.75, 3.05) is 6.61 Å². The molecule has 1 aromatic heterocycles. The van der Waals surface area contributed by atoms with Crippen molar-refractivity contribution in [3.63, 3.8) is 0 Å². The van der Waals surface area contributed by atoms with Crippen LogP contribution >= 0.6 is 0 Å². The number of ether oxygens (including phenoxy) is 1. The lowest BCUT2D eigenvalue weighted by molar-refractivity contribution is -0.134. The molecule has 3 N–H and O–H groups in total. The molecule has 8 nitrogen and oxygen atoms in total. The van der Waals surface area contributed by atoms with E-state index in [9.17, 15) is 15.0 Å². The van der Waals surface area contributed by atoms with Gasteiger partial charge in [0.1, 0.15) is 17.4 Å². The molecule has 1 aromatic rings. The van der Waals surface area contributed by atoms with Crippen molar-refractivity contribution < 1.29 is 19.7 Å². The van der Waals surface area contributed by atoms with Gasteiger partial charge in [-0.1, -0.05) is 24.5 Å². The molecule has 3 fully saturated rings. The lowest BCUT2D eigenvalue weighted by Gasteiger charge is -2.37. The van der Waals surface area contributed by atoms with Crippen LogP contribution in [-0.4, -0.2) is 56.0 Å². The molecule has 4 rings (SSSR count). The van der Waals surface area contributed by atoms with E-state index in [2.05, 4.69) is 15.6 Å². The van der Waals surface area contributed by atoms with Crippen LogP contribution in [0.25, 0.3) is 0 Å². The van der Waals surface area contributed by atoms with E-state index in [-0.39, 0.29) is 36.7 Å². The molecule has 2 saturated carbocycles. The second-order valence-corrected chi connectivity index (χ2v) is 8.69. The summed E-state index contributed by atoms with van der Waals surface area (Å²) in [6, 6.07) is -0.107. The van der Waals surface area contributed by atoms with Gasteiger partial charge in [-0.2, -0.15) is 0 Å². The zero-order valence-corrected chi connectivity index (χ0v) is 16.4. The first-order valence-corrected chi connectivity index (χ1v) is 10.8. The molecule has 0 aromatic carbocycles. The van der Waals surface area contributed by atoms with Crippen molar-refractivity contribution in [1.82, 2.24) is 20.3 Å². The highest BCUT2D eigenvalue weighted by Crippen LogP contribution is 2.37. The van der Waals surface area contributed by atoms with Crippen LogP contribution in [-0.2, 0) is 21.7 Å². The van der Waals surface area contributed by atoms with E-state index in [0.29, 0.717) is 12.2 Å². The Bertz CT molecular complexity index is 669. The molecular formula is C20H32N4O4. The Hall–Kier alpha value is -1.51. The summed E-state index contributed by atoms with van der Waals surface area (Å²) < 4.78 is 7.82. The molecule has 1 saturated heterocycles. The minimum atomic E-state index is -0.812. The maximum absolute atomic E-state index is 12.2. The van der Waals surface area contributed by atoms with Crippen molar-refractivity contribution in [2.45, 2.75) is 94.6 Å². The van der Waals surface area contributed by atoms with Crippen LogP contribution in [0.3, 0.4) is 0 Å². The molecule has 2 aliphatic carbocycles. The summed E-state index contributed by atoms with van der Waals surface area (Å²) in [5.74, 6) is 0.255. The van der Waals surface area contributed by atoms with Gasteiger partial charge >= 0.3 is 0 Å². The van der Waals surface area contributed by atoms with Gasteiger partial charge in [0.05, 0.1) is 24.9 Å². The lowest BCUT2D eigenvalue weighted by atomic mass is 9.84. The number of amides is 1. The highest BCUT2D eigenvalue weighted by Gasteiger charge is 2.36. The predicted molar refractivity (Wildman–Crippen MR) is 101 cm³/mol. The number of aliphatic hydroxyl groups is 2. The van der Waals surface area contributed by atoms with Gasteiger partial charge < -0.3 is 20.3 Å². The number of aryl methyl sites for hydroxylation is 1. The third-order valence-electron chi connectivity index (χ3n) is 6.73. The van der Waals surface area contributed by atoms with Crippen LogP contribution in [0, 0.1) is 5.92 Å². The normalized spacial score (nSPS) is 30.1. The number of carbonyl (C=O) groups excluding carboxylic acids is 1. The number of aromatic nitrogens is 3. The minimum Gasteiger partial charge on any atom is -0.394 e. The van der Waals surface area contributed by atoms with E-state index in [1.54, 1.807) is 4.68 Å². The first kappa shape index (κ1) is 19.8. The average molecular weight is 393 g/mol.